The average molecular weight is 259 g/mol. The van der Waals surface area contributed by atoms with E-state index in [0.29, 0.717) is 24.6 Å². The Kier molecular flexibility index (Phi) is 2.74. The number of fused-ring (bicyclic) bond motifs is 1. The highest BCUT2D eigenvalue weighted by Gasteiger charge is 2.20. The summed E-state index contributed by atoms with van der Waals surface area (Å²) in [5.74, 6) is 0.0720. The van der Waals surface area contributed by atoms with Crippen molar-refractivity contribution in [3.8, 4) is 17.2 Å². The number of carbonyl (C=O) groups is 1. The molecule has 0 aliphatic carbocycles. The number of nitrogens with zero attached hydrogens (tertiary/aromatic N) is 1. The van der Waals surface area contributed by atoms with Crippen molar-refractivity contribution in [1.82, 2.24) is 4.98 Å². The van der Waals surface area contributed by atoms with Crippen LogP contribution in [0.5, 0.6) is 5.75 Å². The van der Waals surface area contributed by atoms with Crippen LogP contribution in [0.4, 0.5) is 0 Å². The van der Waals surface area contributed by atoms with E-state index in [4.69, 9.17) is 14.3 Å². The van der Waals surface area contributed by atoms with Crippen molar-refractivity contribution in [2.24, 2.45) is 0 Å². The van der Waals surface area contributed by atoms with Gasteiger partial charge in [-0.1, -0.05) is 6.92 Å². The minimum Gasteiger partial charge on any atom is -0.493 e. The quantitative estimate of drug-likeness (QED) is 0.916. The number of aromatic nitrogens is 1. The lowest BCUT2D eigenvalue weighted by molar-refractivity contribution is 0.0662. The van der Waals surface area contributed by atoms with Crippen LogP contribution >= 0.6 is 0 Å². The highest BCUT2D eigenvalue weighted by Crippen LogP contribution is 2.31. The van der Waals surface area contributed by atoms with Crippen molar-refractivity contribution in [2.45, 2.75) is 19.8 Å². The first-order valence-corrected chi connectivity index (χ1v) is 6.18. The summed E-state index contributed by atoms with van der Waals surface area (Å²) in [5.41, 5.74) is 2.36. The highest BCUT2D eigenvalue weighted by molar-refractivity contribution is 5.86. The second-order valence-electron chi connectivity index (χ2n) is 4.37. The van der Waals surface area contributed by atoms with Gasteiger partial charge in [0.1, 0.15) is 5.75 Å². The zero-order valence-electron chi connectivity index (χ0n) is 10.5. The van der Waals surface area contributed by atoms with Crippen LogP contribution in [0.25, 0.3) is 11.5 Å². The number of oxazole rings is 1. The second kappa shape index (κ2) is 4.42. The molecule has 0 spiro atoms. The lowest BCUT2D eigenvalue weighted by atomic mass is 10.1. The van der Waals surface area contributed by atoms with Crippen molar-refractivity contribution in [3.63, 3.8) is 0 Å². The van der Waals surface area contributed by atoms with E-state index in [0.717, 1.165) is 23.3 Å². The minimum atomic E-state index is -1.08. The number of benzene rings is 1. The first-order chi connectivity index (χ1) is 9.19. The van der Waals surface area contributed by atoms with E-state index in [1.54, 1.807) is 0 Å². The lowest BCUT2D eigenvalue weighted by Crippen LogP contribution is -1.98. The van der Waals surface area contributed by atoms with Crippen LogP contribution in [0, 0.1) is 0 Å². The van der Waals surface area contributed by atoms with Crippen LogP contribution < -0.4 is 4.74 Å². The summed E-state index contributed by atoms with van der Waals surface area (Å²) in [4.78, 5) is 15.3. The van der Waals surface area contributed by atoms with Gasteiger partial charge in [-0.2, -0.15) is 0 Å². The van der Waals surface area contributed by atoms with Gasteiger partial charge >= 0.3 is 5.97 Å². The maximum atomic E-state index is 11.1. The predicted molar refractivity (Wildman–Crippen MR) is 67.5 cm³/mol. The molecule has 3 rings (SSSR count). The molecule has 0 atom stereocenters. The molecule has 0 radical (unpaired) electrons. The number of aromatic carboxylic acids is 1. The number of rotatable bonds is 3. The Morgan fingerprint density at radius 1 is 1.47 bits per heavy atom. The molecule has 19 heavy (non-hydrogen) atoms. The Morgan fingerprint density at radius 3 is 3.00 bits per heavy atom. The normalized spacial score (nSPS) is 13.1. The number of aryl methyl sites for hydroxylation is 1. The van der Waals surface area contributed by atoms with Gasteiger partial charge in [0.05, 0.1) is 12.3 Å². The van der Waals surface area contributed by atoms with E-state index >= 15 is 0 Å². The van der Waals surface area contributed by atoms with E-state index in [1.165, 1.54) is 0 Å². The van der Waals surface area contributed by atoms with Crippen molar-refractivity contribution < 1.29 is 19.1 Å². The van der Waals surface area contributed by atoms with E-state index < -0.39 is 5.97 Å². The Bertz CT molecular complexity index is 645. The van der Waals surface area contributed by atoms with Gasteiger partial charge in [0.25, 0.3) is 0 Å². The smallest absolute Gasteiger partial charge is 0.373 e. The fourth-order valence-electron chi connectivity index (χ4n) is 2.20. The number of hydrogen-bond acceptors (Lipinski definition) is 4. The SMILES string of the molecule is CCc1nc(-c2ccc3c(c2)CCO3)oc1C(=O)O. The van der Waals surface area contributed by atoms with E-state index in [2.05, 4.69) is 4.98 Å². The number of ether oxygens (including phenoxy) is 1. The molecule has 5 nitrogen and oxygen atoms in total. The van der Waals surface area contributed by atoms with Crippen molar-refractivity contribution in [2.75, 3.05) is 6.61 Å². The summed E-state index contributed by atoms with van der Waals surface area (Å²) >= 11 is 0. The zero-order chi connectivity index (χ0) is 13.4. The first kappa shape index (κ1) is 11.8. The van der Waals surface area contributed by atoms with Crippen LogP contribution in [0.1, 0.15) is 28.7 Å². The average Bonchev–Trinajstić information content (AvgIpc) is 3.04. The fourth-order valence-corrected chi connectivity index (χ4v) is 2.20. The Balaban J connectivity index is 2.04. The Labute approximate surface area is 109 Å². The Hall–Kier alpha value is -2.30. The molecule has 1 aliphatic heterocycles. The molecule has 0 saturated heterocycles. The minimum absolute atomic E-state index is 0.0748. The molecule has 1 aromatic carbocycles. The van der Waals surface area contributed by atoms with E-state index in [-0.39, 0.29) is 5.76 Å². The molecule has 0 amide bonds. The molecular formula is C14H13NO4. The van der Waals surface area contributed by atoms with Gasteiger partial charge in [0.2, 0.25) is 11.7 Å². The molecule has 0 bridgehead atoms. The van der Waals surface area contributed by atoms with Gasteiger partial charge in [-0.25, -0.2) is 9.78 Å². The summed E-state index contributed by atoms with van der Waals surface area (Å²) in [6.45, 7) is 2.54. The third-order valence-electron chi connectivity index (χ3n) is 3.16. The van der Waals surface area contributed by atoms with Crippen LogP contribution in [0.15, 0.2) is 22.6 Å². The summed E-state index contributed by atoms with van der Waals surface area (Å²) in [7, 11) is 0. The molecule has 0 unspecified atom stereocenters. The van der Waals surface area contributed by atoms with Gasteiger partial charge < -0.3 is 14.3 Å². The summed E-state index contributed by atoms with van der Waals surface area (Å²) in [5, 5.41) is 9.06. The molecule has 2 aromatic rings. The highest BCUT2D eigenvalue weighted by atomic mass is 16.5. The number of hydrogen-bond donors (Lipinski definition) is 1. The molecular weight excluding hydrogens is 246 g/mol. The van der Waals surface area contributed by atoms with Crippen LogP contribution in [0.2, 0.25) is 0 Å². The molecule has 0 fully saturated rings. The predicted octanol–water partition coefficient (Wildman–Crippen LogP) is 2.54. The van der Waals surface area contributed by atoms with Crippen molar-refractivity contribution in [3.05, 3.63) is 35.2 Å². The largest absolute Gasteiger partial charge is 0.493 e. The summed E-state index contributed by atoms with van der Waals surface area (Å²) < 4.78 is 10.8. The number of carboxylic acid groups (broad SMARTS) is 1. The molecule has 98 valence electrons. The van der Waals surface area contributed by atoms with Gasteiger partial charge in [-0.05, 0) is 30.2 Å². The number of carboxylic acids is 1. The fraction of sp³-hybridized carbons (Fsp3) is 0.286. The maximum absolute atomic E-state index is 11.1. The first-order valence-electron chi connectivity index (χ1n) is 6.18. The molecule has 1 aromatic heterocycles. The van der Waals surface area contributed by atoms with E-state index in [9.17, 15) is 4.79 Å². The van der Waals surface area contributed by atoms with Crippen LogP contribution in [0.3, 0.4) is 0 Å². The topological polar surface area (TPSA) is 72.6 Å². The monoisotopic (exact) mass is 259 g/mol. The Morgan fingerprint density at radius 2 is 2.32 bits per heavy atom. The third-order valence-corrected chi connectivity index (χ3v) is 3.16. The van der Waals surface area contributed by atoms with Gasteiger partial charge in [0.15, 0.2) is 0 Å². The second-order valence-corrected chi connectivity index (χ2v) is 4.37. The molecule has 1 aliphatic rings. The maximum Gasteiger partial charge on any atom is 0.373 e. The van der Waals surface area contributed by atoms with Crippen LogP contribution in [-0.4, -0.2) is 22.7 Å². The zero-order valence-corrected chi connectivity index (χ0v) is 10.5. The van der Waals surface area contributed by atoms with E-state index in [1.807, 2.05) is 25.1 Å². The molecule has 1 N–H and O–H groups in total. The van der Waals surface area contributed by atoms with Gasteiger partial charge in [-0.3, -0.25) is 0 Å². The van der Waals surface area contributed by atoms with Crippen LogP contribution in [-0.2, 0) is 12.8 Å². The molecule has 2 heterocycles. The standard InChI is InChI=1S/C14H13NO4/c1-2-10-12(14(16)17)19-13(15-10)9-3-4-11-8(7-9)5-6-18-11/h3-4,7H,2,5-6H2,1H3,(H,16,17). The molecule has 5 heteroatoms. The van der Waals surface area contributed by atoms with Gasteiger partial charge in [0, 0.05) is 12.0 Å². The lowest BCUT2D eigenvalue weighted by Gasteiger charge is -2.00. The van der Waals surface area contributed by atoms with Crippen molar-refractivity contribution >= 4 is 5.97 Å². The third kappa shape index (κ3) is 1.97. The summed E-state index contributed by atoms with van der Waals surface area (Å²) in [6, 6.07) is 5.65. The summed E-state index contributed by atoms with van der Waals surface area (Å²) in [6.07, 6.45) is 1.38. The van der Waals surface area contributed by atoms with Gasteiger partial charge in [-0.15, -0.1) is 0 Å². The molecule has 0 saturated carbocycles. The van der Waals surface area contributed by atoms with Crippen molar-refractivity contribution in [1.29, 1.82) is 0 Å².